The summed E-state index contributed by atoms with van der Waals surface area (Å²) >= 11 is 1.97. The third-order valence-electron chi connectivity index (χ3n) is 2.79. The van der Waals surface area contributed by atoms with Crippen LogP contribution in [0.25, 0.3) is 0 Å². The molecule has 0 aliphatic carbocycles. The lowest BCUT2D eigenvalue weighted by atomic mass is 9.78. The maximum absolute atomic E-state index is 11.1. The largest absolute Gasteiger partial charge is 0.303 e. The van der Waals surface area contributed by atoms with Gasteiger partial charge in [-0.05, 0) is 44.1 Å². The number of allylic oxidation sites excluding steroid dienone is 1. The van der Waals surface area contributed by atoms with Crippen LogP contribution < -0.4 is 0 Å². The van der Waals surface area contributed by atoms with Gasteiger partial charge in [-0.1, -0.05) is 5.57 Å². The lowest BCUT2D eigenvalue weighted by Crippen LogP contribution is -2.27. The Balaban J connectivity index is 2.47. The highest BCUT2D eigenvalue weighted by molar-refractivity contribution is 7.99. The molecule has 1 nitrogen and oxygen atoms in total. The van der Waals surface area contributed by atoms with Crippen LogP contribution in [0, 0.1) is 5.41 Å². The summed E-state index contributed by atoms with van der Waals surface area (Å²) in [5, 5.41) is 0. The number of rotatable bonds is 4. The highest BCUT2D eigenvalue weighted by Crippen LogP contribution is 2.37. The van der Waals surface area contributed by atoms with E-state index in [0.717, 1.165) is 37.2 Å². The zero-order chi connectivity index (χ0) is 9.73. The summed E-state index contributed by atoms with van der Waals surface area (Å²) in [7, 11) is 0. The average molecular weight is 198 g/mol. The van der Waals surface area contributed by atoms with E-state index in [1.807, 2.05) is 18.7 Å². The molecule has 0 bridgehead atoms. The van der Waals surface area contributed by atoms with E-state index in [-0.39, 0.29) is 5.41 Å². The van der Waals surface area contributed by atoms with Gasteiger partial charge in [0.05, 0.1) is 0 Å². The molecule has 0 aromatic rings. The van der Waals surface area contributed by atoms with Gasteiger partial charge in [-0.25, -0.2) is 0 Å². The first-order valence-corrected chi connectivity index (χ1v) is 6.02. The Labute approximate surface area is 85.0 Å². The third-order valence-corrected chi connectivity index (χ3v) is 3.77. The van der Waals surface area contributed by atoms with Gasteiger partial charge in [0.25, 0.3) is 0 Å². The molecular formula is C11H18OS. The Morgan fingerprint density at radius 3 is 2.62 bits per heavy atom. The first kappa shape index (κ1) is 10.8. The molecule has 1 aliphatic rings. The monoisotopic (exact) mass is 198 g/mol. The lowest BCUT2D eigenvalue weighted by Gasteiger charge is -2.31. The van der Waals surface area contributed by atoms with Crippen molar-refractivity contribution < 1.29 is 4.79 Å². The van der Waals surface area contributed by atoms with Crippen LogP contribution in [0.15, 0.2) is 12.2 Å². The van der Waals surface area contributed by atoms with Gasteiger partial charge < -0.3 is 4.79 Å². The van der Waals surface area contributed by atoms with E-state index < -0.39 is 0 Å². The second kappa shape index (κ2) is 4.85. The van der Waals surface area contributed by atoms with Crippen LogP contribution >= 0.6 is 11.8 Å². The van der Waals surface area contributed by atoms with Crippen molar-refractivity contribution in [1.82, 2.24) is 0 Å². The van der Waals surface area contributed by atoms with Crippen molar-refractivity contribution in [3.8, 4) is 0 Å². The number of carbonyl (C=O) groups is 1. The van der Waals surface area contributed by atoms with Crippen molar-refractivity contribution in [1.29, 1.82) is 0 Å². The smallest absolute Gasteiger partial charge is 0.126 e. The fraction of sp³-hybridized carbons (Fsp3) is 0.727. The van der Waals surface area contributed by atoms with Crippen molar-refractivity contribution >= 4 is 18.0 Å². The summed E-state index contributed by atoms with van der Waals surface area (Å²) in [6.45, 7) is 5.92. The van der Waals surface area contributed by atoms with E-state index in [9.17, 15) is 4.79 Å². The maximum atomic E-state index is 11.1. The molecular weight excluding hydrogens is 180 g/mol. The van der Waals surface area contributed by atoms with E-state index in [1.54, 1.807) is 0 Å². The molecule has 0 spiro atoms. The minimum Gasteiger partial charge on any atom is -0.303 e. The topological polar surface area (TPSA) is 17.1 Å². The Morgan fingerprint density at radius 1 is 1.54 bits per heavy atom. The van der Waals surface area contributed by atoms with Gasteiger partial charge in [0, 0.05) is 5.41 Å². The molecule has 0 saturated carbocycles. The fourth-order valence-corrected chi connectivity index (χ4v) is 2.97. The number of thioether (sulfide) groups is 1. The Kier molecular flexibility index (Phi) is 4.04. The average Bonchev–Trinajstić information content (AvgIpc) is 2.16. The molecule has 1 aliphatic heterocycles. The Hall–Kier alpha value is -0.240. The van der Waals surface area contributed by atoms with Crippen molar-refractivity contribution in [3.05, 3.63) is 12.2 Å². The predicted molar refractivity (Wildman–Crippen MR) is 59.1 cm³/mol. The zero-order valence-corrected chi connectivity index (χ0v) is 9.16. The summed E-state index contributed by atoms with van der Waals surface area (Å²) in [4.78, 5) is 11.1. The zero-order valence-electron chi connectivity index (χ0n) is 8.34. The second-order valence-corrected chi connectivity index (χ2v) is 5.27. The molecule has 0 aromatic carbocycles. The van der Waals surface area contributed by atoms with Crippen LogP contribution in [0.2, 0.25) is 0 Å². The van der Waals surface area contributed by atoms with E-state index in [1.165, 1.54) is 11.9 Å². The summed E-state index contributed by atoms with van der Waals surface area (Å²) < 4.78 is 0. The molecule has 0 radical (unpaired) electrons. The summed E-state index contributed by atoms with van der Waals surface area (Å²) in [5.41, 5.74) is 1.18. The first-order valence-electron chi connectivity index (χ1n) is 4.87. The molecule has 74 valence electrons. The van der Waals surface area contributed by atoms with E-state index in [4.69, 9.17) is 0 Å². The van der Waals surface area contributed by atoms with Crippen LogP contribution in [0.5, 0.6) is 0 Å². The number of hydrogen-bond donors (Lipinski definition) is 0. The highest BCUT2D eigenvalue weighted by Gasteiger charge is 2.31. The van der Waals surface area contributed by atoms with Gasteiger partial charge >= 0.3 is 0 Å². The minimum atomic E-state index is -0.00972. The van der Waals surface area contributed by atoms with Crippen LogP contribution in [0.1, 0.15) is 32.6 Å². The Morgan fingerprint density at radius 2 is 2.15 bits per heavy atom. The molecule has 1 heterocycles. The van der Waals surface area contributed by atoms with Gasteiger partial charge in [-0.15, -0.1) is 6.58 Å². The van der Waals surface area contributed by atoms with E-state index in [2.05, 4.69) is 6.58 Å². The molecule has 13 heavy (non-hydrogen) atoms. The lowest BCUT2D eigenvalue weighted by molar-refractivity contribution is -0.116. The summed E-state index contributed by atoms with van der Waals surface area (Å²) in [6.07, 6.45) is 5.33. The Bertz CT molecular complexity index is 192. The van der Waals surface area contributed by atoms with Crippen LogP contribution in [-0.4, -0.2) is 17.8 Å². The molecule has 0 N–H and O–H groups in total. The van der Waals surface area contributed by atoms with Gasteiger partial charge in [-0.2, -0.15) is 11.8 Å². The van der Waals surface area contributed by atoms with Crippen molar-refractivity contribution in [2.75, 3.05) is 11.5 Å². The standard InChI is InChI=1S/C11H18OS/c1-10(2)3-4-11(9-12)5-7-13-8-6-11/h9H,1,3-8H2,2H3. The number of hydrogen-bond acceptors (Lipinski definition) is 2. The molecule has 0 atom stereocenters. The molecule has 0 amide bonds. The third kappa shape index (κ3) is 3.18. The summed E-state index contributed by atoms with van der Waals surface area (Å²) in [6, 6.07) is 0. The van der Waals surface area contributed by atoms with Gasteiger partial charge in [-0.3, -0.25) is 0 Å². The van der Waals surface area contributed by atoms with Crippen molar-refractivity contribution in [2.45, 2.75) is 32.6 Å². The molecule has 1 rings (SSSR count). The van der Waals surface area contributed by atoms with E-state index >= 15 is 0 Å². The fourth-order valence-electron chi connectivity index (χ4n) is 1.67. The second-order valence-electron chi connectivity index (χ2n) is 4.05. The highest BCUT2D eigenvalue weighted by atomic mass is 32.2. The summed E-state index contributed by atoms with van der Waals surface area (Å²) in [5.74, 6) is 2.30. The SMILES string of the molecule is C=C(C)CCC1(C=O)CCSCC1. The quantitative estimate of drug-likeness (QED) is 0.510. The predicted octanol–water partition coefficient (Wildman–Crippen LogP) is 3.06. The molecule has 1 saturated heterocycles. The molecule has 0 unspecified atom stereocenters. The number of aldehydes is 1. The van der Waals surface area contributed by atoms with Crippen molar-refractivity contribution in [2.24, 2.45) is 5.41 Å². The molecule has 2 heteroatoms. The minimum absolute atomic E-state index is 0.00972. The van der Waals surface area contributed by atoms with Gasteiger partial charge in [0.15, 0.2) is 0 Å². The maximum Gasteiger partial charge on any atom is 0.126 e. The van der Waals surface area contributed by atoms with Crippen LogP contribution in [0.3, 0.4) is 0 Å². The van der Waals surface area contributed by atoms with Crippen LogP contribution in [-0.2, 0) is 4.79 Å². The number of carbonyl (C=O) groups excluding carboxylic acids is 1. The van der Waals surface area contributed by atoms with E-state index in [0.29, 0.717) is 0 Å². The first-order chi connectivity index (χ1) is 6.18. The van der Waals surface area contributed by atoms with Crippen molar-refractivity contribution in [3.63, 3.8) is 0 Å². The molecule has 1 fully saturated rings. The van der Waals surface area contributed by atoms with Crippen LogP contribution in [0.4, 0.5) is 0 Å². The normalized spacial score (nSPS) is 21.0. The van der Waals surface area contributed by atoms with Gasteiger partial charge in [0.1, 0.15) is 6.29 Å². The van der Waals surface area contributed by atoms with Gasteiger partial charge in [0.2, 0.25) is 0 Å². The molecule has 0 aromatic heterocycles.